The molecule has 0 fully saturated rings. The van der Waals surface area contributed by atoms with Crippen LogP contribution in [0, 0.1) is 13.8 Å². The van der Waals surface area contributed by atoms with E-state index in [4.69, 9.17) is 4.42 Å². The van der Waals surface area contributed by atoms with Gasteiger partial charge in [-0.15, -0.1) is 0 Å². The van der Waals surface area contributed by atoms with Gasteiger partial charge >= 0.3 is 0 Å². The minimum absolute atomic E-state index is 0.0266. The lowest BCUT2D eigenvalue weighted by molar-refractivity contribution is 0.0828. The summed E-state index contributed by atoms with van der Waals surface area (Å²) in [5.74, 6) is 0.723. The van der Waals surface area contributed by atoms with Crippen molar-refractivity contribution in [1.82, 2.24) is 4.90 Å². The van der Waals surface area contributed by atoms with Crippen LogP contribution in [0.3, 0.4) is 0 Å². The molecule has 5 nitrogen and oxygen atoms in total. The Morgan fingerprint density at radius 1 is 0.906 bits per heavy atom. The van der Waals surface area contributed by atoms with E-state index in [1.165, 1.54) is 0 Å². The number of nitrogens with zero attached hydrogens (tertiary/aromatic N) is 3. The minimum Gasteiger partial charge on any atom is -0.456 e. The van der Waals surface area contributed by atoms with E-state index >= 15 is 0 Å². The first-order chi connectivity index (χ1) is 15.2. The summed E-state index contributed by atoms with van der Waals surface area (Å²) in [6.45, 7) is 4.15. The molecule has 0 unspecified atom stereocenters. The van der Waals surface area contributed by atoms with E-state index in [1.807, 2.05) is 51.4 Å². The zero-order valence-electron chi connectivity index (χ0n) is 19.8. The molecular formula is C27H29N3O2. The van der Waals surface area contributed by atoms with Gasteiger partial charge in [0.25, 0.3) is 5.91 Å². The highest BCUT2D eigenvalue weighted by atomic mass is 16.3. The van der Waals surface area contributed by atoms with E-state index in [2.05, 4.69) is 35.0 Å². The lowest BCUT2D eigenvalue weighted by atomic mass is 9.89. The summed E-state index contributed by atoms with van der Waals surface area (Å²) in [6.07, 6.45) is 0. The summed E-state index contributed by atoms with van der Waals surface area (Å²) in [6, 6.07) is 16.1. The van der Waals surface area contributed by atoms with Gasteiger partial charge in [0.2, 0.25) is 0 Å². The SMILES string of the molecule is CN=c1cc2oc3cc(N(C)C)c(C)cc3c(-c3ccccc3C(=O)N(C)C)c-2cc1C. The number of hydrogen-bond acceptors (Lipinski definition) is 4. The standard InChI is InChI=1S/C27H29N3O2/c1-16-12-20-24(14-22(16)28-3)32-25-15-23(29(4)5)17(2)13-21(25)26(20)18-10-8-9-11-19(18)27(31)30(6)7/h8-15H,1-7H3. The molecule has 1 aliphatic carbocycles. The van der Waals surface area contributed by atoms with Gasteiger partial charge in [-0.2, -0.15) is 0 Å². The lowest BCUT2D eigenvalue weighted by Crippen LogP contribution is -2.22. The first-order valence-corrected chi connectivity index (χ1v) is 10.7. The van der Waals surface area contributed by atoms with Crippen LogP contribution >= 0.6 is 0 Å². The van der Waals surface area contributed by atoms with Gasteiger partial charge in [0.05, 0.1) is 5.36 Å². The fourth-order valence-corrected chi connectivity index (χ4v) is 4.32. The maximum atomic E-state index is 13.1. The summed E-state index contributed by atoms with van der Waals surface area (Å²) in [5.41, 5.74) is 7.62. The molecule has 0 atom stereocenters. The van der Waals surface area contributed by atoms with E-state index in [0.717, 1.165) is 55.6 Å². The molecule has 164 valence electrons. The van der Waals surface area contributed by atoms with Crippen molar-refractivity contribution in [3.63, 3.8) is 0 Å². The van der Waals surface area contributed by atoms with Crippen LogP contribution in [0.5, 0.6) is 0 Å². The molecule has 0 bridgehead atoms. The summed E-state index contributed by atoms with van der Waals surface area (Å²) in [4.78, 5) is 21.2. The minimum atomic E-state index is -0.0266. The number of rotatable bonds is 3. The molecule has 5 heteroatoms. The zero-order valence-corrected chi connectivity index (χ0v) is 19.8. The number of fused-ring (bicyclic) bond motifs is 2. The van der Waals surface area contributed by atoms with Gasteiger partial charge in [0.1, 0.15) is 11.3 Å². The smallest absolute Gasteiger partial charge is 0.253 e. The van der Waals surface area contributed by atoms with Crippen LogP contribution in [-0.2, 0) is 0 Å². The number of benzene rings is 3. The Kier molecular flexibility index (Phi) is 5.51. The normalized spacial score (nSPS) is 11.9. The average molecular weight is 428 g/mol. The van der Waals surface area contributed by atoms with Crippen LogP contribution in [0.2, 0.25) is 0 Å². The number of carbonyl (C=O) groups excluding carboxylic acids is 1. The van der Waals surface area contributed by atoms with Gasteiger partial charge in [0.15, 0.2) is 0 Å². The fraction of sp³-hybridized carbons (Fsp3) is 0.259. The summed E-state index contributed by atoms with van der Waals surface area (Å²) in [5, 5.41) is 1.88. The second-order valence-electron chi connectivity index (χ2n) is 8.61. The Bertz CT molecular complexity index is 1380. The number of aryl methyl sites for hydroxylation is 2. The molecule has 32 heavy (non-hydrogen) atoms. The molecule has 2 aromatic carbocycles. The van der Waals surface area contributed by atoms with Gasteiger partial charge in [-0.25, -0.2) is 0 Å². The third-order valence-corrected chi connectivity index (χ3v) is 5.91. The van der Waals surface area contributed by atoms with E-state index in [1.54, 1.807) is 26.0 Å². The second-order valence-corrected chi connectivity index (χ2v) is 8.61. The van der Waals surface area contributed by atoms with Crippen LogP contribution in [0.15, 0.2) is 57.9 Å². The van der Waals surface area contributed by atoms with E-state index in [9.17, 15) is 4.79 Å². The Morgan fingerprint density at radius 3 is 2.28 bits per heavy atom. The van der Waals surface area contributed by atoms with Crippen molar-refractivity contribution < 1.29 is 9.21 Å². The molecule has 0 saturated carbocycles. The van der Waals surface area contributed by atoms with Crippen molar-refractivity contribution in [2.24, 2.45) is 4.99 Å². The third kappa shape index (κ3) is 3.54. The maximum Gasteiger partial charge on any atom is 0.253 e. The Hall–Kier alpha value is -3.60. The van der Waals surface area contributed by atoms with Crippen molar-refractivity contribution in [3.8, 4) is 22.5 Å². The van der Waals surface area contributed by atoms with Crippen molar-refractivity contribution >= 4 is 22.6 Å². The van der Waals surface area contributed by atoms with Crippen LogP contribution in [0.1, 0.15) is 21.5 Å². The molecule has 0 radical (unpaired) electrons. The molecule has 1 heterocycles. The molecule has 2 aromatic rings. The number of anilines is 1. The number of carbonyl (C=O) groups is 1. The van der Waals surface area contributed by atoms with Gasteiger partial charge in [0, 0.05) is 75.1 Å². The van der Waals surface area contributed by atoms with Crippen molar-refractivity contribution in [3.05, 3.63) is 70.6 Å². The van der Waals surface area contributed by atoms with E-state index in [0.29, 0.717) is 5.56 Å². The van der Waals surface area contributed by atoms with Crippen LogP contribution in [-0.4, -0.2) is 46.0 Å². The molecule has 1 amide bonds. The maximum absolute atomic E-state index is 13.1. The summed E-state index contributed by atoms with van der Waals surface area (Å²) >= 11 is 0. The van der Waals surface area contributed by atoms with Crippen LogP contribution in [0.25, 0.3) is 33.4 Å². The van der Waals surface area contributed by atoms with Crippen molar-refractivity contribution in [1.29, 1.82) is 0 Å². The molecule has 4 rings (SSSR count). The highest BCUT2D eigenvalue weighted by molar-refractivity contribution is 6.09. The Balaban J connectivity index is 2.21. The van der Waals surface area contributed by atoms with E-state index in [-0.39, 0.29) is 5.91 Å². The van der Waals surface area contributed by atoms with Crippen LogP contribution < -0.4 is 10.3 Å². The van der Waals surface area contributed by atoms with Crippen molar-refractivity contribution in [2.75, 3.05) is 40.1 Å². The first-order valence-electron chi connectivity index (χ1n) is 10.7. The monoisotopic (exact) mass is 427 g/mol. The van der Waals surface area contributed by atoms with Gasteiger partial charge < -0.3 is 14.2 Å². The third-order valence-electron chi connectivity index (χ3n) is 5.91. The highest BCUT2D eigenvalue weighted by Crippen LogP contribution is 2.43. The number of amides is 1. The predicted molar refractivity (Wildman–Crippen MR) is 132 cm³/mol. The lowest BCUT2D eigenvalue weighted by Gasteiger charge is -2.22. The number of hydrogen-bond donors (Lipinski definition) is 0. The van der Waals surface area contributed by atoms with Gasteiger partial charge in [-0.05, 0) is 48.7 Å². The molecule has 2 aliphatic rings. The molecular weight excluding hydrogens is 398 g/mol. The topological polar surface area (TPSA) is 49.1 Å². The predicted octanol–water partition coefficient (Wildman–Crippen LogP) is 5.12. The summed E-state index contributed by atoms with van der Waals surface area (Å²) in [7, 11) is 9.40. The molecule has 0 N–H and O–H groups in total. The van der Waals surface area contributed by atoms with E-state index < -0.39 is 0 Å². The quantitative estimate of drug-likeness (QED) is 0.427. The highest BCUT2D eigenvalue weighted by Gasteiger charge is 2.23. The second kappa shape index (κ2) is 8.15. The fourth-order valence-electron chi connectivity index (χ4n) is 4.32. The Morgan fingerprint density at radius 2 is 1.62 bits per heavy atom. The largest absolute Gasteiger partial charge is 0.456 e. The summed E-state index contributed by atoms with van der Waals surface area (Å²) < 4.78 is 6.42. The molecule has 0 spiro atoms. The average Bonchev–Trinajstić information content (AvgIpc) is 2.76. The molecule has 0 saturated heterocycles. The zero-order chi connectivity index (χ0) is 23.2. The van der Waals surface area contributed by atoms with Crippen LogP contribution in [0.4, 0.5) is 5.69 Å². The first kappa shape index (κ1) is 21.6. The van der Waals surface area contributed by atoms with Crippen molar-refractivity contribution in [2.45, 2.75) is 13.8 Å². The Labute approximate surface area is 189 Å². The van der Waals surface area contributed by atoms with Gasteiger partial charge in [-0.1, -0.05) is 18.2 Å². The molecule has 1 aliphatic heterocycles. The molecule has 0 aromatic heterocycles. The van der Waals surface area contributed by atoms with Gasteiger partial charge in [-0.3, -0.25) is 9.79 Å².